The van der Waals surface area contributed by atoms with Crippen molar-refractivity contribution in [1.82, 2.24) is 4.57 Å². The monoisotopic (exact) mass is 479 g/mol. The summed E-state index contributed by atoms with van der Waals surface area (Å²) in [5.74, 6) is 0.00591. The summed E-state index contributed by atoms with van der Waals surface area (Å²) in [4.78, 5) is 13.8. The van der Waals surface area contributed by atoms with Gasteiger partial charge in [-0.2, -0.15) is 0 Å². The Morgan fingerprint density at radius 3 is 2.44 bits per heavy atom. The number of hydrogen-bond acceptors (Lipinski definition) is 4. The van der Waals surface area contributed by atoms with Crippen molar-refractivity contribution in [2.24, 2.45) is 0 Å². The zero-order chi connectivity index (χ0) is 24.4. The van der Waals surface area contributed by atoms with E-state index in [4.69, 9.17) is 13.9 Å². The number of aromatic nitrogens is 1. The molecule has 0 saturated carbocycles. The molecule has 0 bridgehead atoms. The number of hydrogen-bond donors (Lipinski definition) is 0. The van der Waals surface area contributed by atoms with Crippen LogP contribution in [0.1, 0.15) is 51.0 Å². The first-order valence-electron chi connectivity index (χ1n) is 11.8. The molecule has 2 atom stereocenters. The fraction of sp³-hybridized carbons (Fsp3) is 0.720. The van der Waals surface area contributed by atoms with Gasteiger partial charge in [0.2, 0.25) is 5.78 Å². The van der Waals surface area contributed by atoms with Crippen LogP contribution < -0.4 is 0 Å². The smallest absolute Gasteiger partial charge is 0.211 e. The summed E-state index contributed by atoms with van der Waals surface area (Å²) in [6, 6.07) is 4.89. The van der Waals surface area contributed by atoms with Crippen molar-refractivity contribution in [3.8, 4) is 0 Å². The molecule has 0 saturated heterocycles. The van der Waals surface area contributed by atoms with Gasteiger partial charge >= 0.3 is 0 Å². The summed E-state index contributed by atoms with van der Waals surface area (Å²) in [7, 11) is -1.49. The predicted octanol–water partition coefficient (Wildman–Crippen LogP) is 6.50. The average Bonchev–Trinajstić information content (AvgIpc) is 3.13. The largest absolute Gasteiger partial charge is 0.410 e. The SMILES string of the molecule is CO[C@]1(C(=O)c2cccn2COCC[Si](C)(C)C)CC=C(C)[C@H](O[Si](C)(C)C(C)(C)C)C1. The number of carbonyl (C=O) groups excluding carboxylic acids is 1. The van der Waals surface area contributed by atoms with Crippen LogP contribution in [0.5, 0.6) is 0 Å². The Morgan fingerprint density at radius 2 is 1.88 bits per heavy atom. The summed E-state index contributed by atoms with van der Waals surface area (Å²) in [5, 5.41) is 0.104. The molecular formula is C25H45NO4Si2. The normalized spacial score (nSPS) is 22.7. The second kappa shape index (κ2) is 10.1. The summed E-state index contributed by atoms with van der Waals surface area (Å²) in [6.07, 6.45) is 5.04. The summed E-state index contributed by atoms with van der Waals surface area (Å²) < 4.78 is 20.5. The van der Waals surface area contributed by atoms with E-state index in [0.717, 1.165) is 12.7 Å². The Kier molecular flexibility index (Phi) is 8.60. The molecule has 0 aliphatic heterocycles. The highest BCUT2D eigenvalue weighted by Gasteiger charge is 2.47. The summed E-state index contributed by atoms with van der Waals surface area (Å²) in [5.41, 5.74) is 0.917. The van der Waals surface area contributed by atoms with Gasteiger partial charge in [-0.15, -0.1) is 0 Å². The van der Waals surface area contributed by atoms with E-state index in [9.17, 15) is 4.79 Å². The Balaban J connectivity index is 2.19. The Bertz CT molecular complexity index is 817. The highest BCUT2D eigenvalue weighted by molar-refractivity contribution is 6.76. The van der Waals surface area contributed by atoms with Gasteiger partial charge in [0.25, 0.3) is 0 Å². The van der Waals surface area contributed by atoms with Crippen LogP contribution in [0.4, 0.5) is 0 Å². The number of ketones is 1. The van der Waals surface area contributed by atoms with E-state index >= 15 is 0 Å². The van der Waals surface area contributed by atoms with Crippen LogP contribution >= 0.6 is 0 Å². The number of nitrogens with zero attached hydrogens (tertiary/aromatic N) is 1. The van der Waals surface area contributed by atoms with E-state index in [0.29, 0.717) is 25.3 Å². The zero-order valence-electron chi connectivity index (χ0n) is 22.0. The fourth-order valence-electron chi connectivity index (χ4n) is 3.62. The molecular weight excluding hydrogens is 434 g/mol. The predicted molar refractivity (Wildman–Crippen MR) is 138 cm³/mol. The average molecular weight is 480 g/mol. The minimum Gasteiger partial charge on any atom is -0.410 e. The maximum Gasteiger partial charge on any atom is 0.211 e. The number of ether oxygens (including phenoxy) is 2. The van der Waals surface area contributed by atoms with Crippen molar-refractivity contribution >= 4 is 22.2 Å². The van der Waals surface area contributed by atoms with Crippen LogP contribution in [0.25, 0.3) is 0 Å². The molecule has 0 N–H and O–H groups in total. The van der Waals surface area contributed by atoms with Gasteiger partial charge in [0.05, 0.1) is 11.8 Å². The molecule has 0 aromatic carbocycles. The first-order valence-corrected chi connectivity index (χ1v) is 18.4. The van der Waals surface area contributed by atoms with Gasteiger partial charge in [0.1, 0.15) is 12.3 Å². The topological polar surface area (TPSA) is 49.7 Å². The fourth-order valence-corrected chi connectivity index (χ4v) is 5.71. The third-order valence-electron chi connectivity index (χ3n) is 7.11. The van der Waals surface area contributed by atoms with Gasteiger partial charge < -0.3 is 18.5 Å². The van der Waals surface area contributed by atoms with Crippen LogP contribution in [0.3, 0.4) is 0 Å². The Hall–Kier alpha value is -0.996. The Labute approximate surface area is 197 Å². The lowest BCUT2D eigenvalue weighted by atomic mass is 9.80. The van der Waals surface area contributed by atoms with Gasteiger partial charge in [0.15, 0.2) is 8.32 Å². The molecule has 5 nitrogen and oxygen atoms in total. The van der Waals surface area contributed by atoms with Crippen molar-refractivity contribution in [2.75, 3.05) is 13.7 Å². The molecule has 1 aromatic heterocycles. The molecule has 0 amide bonds. The number of Topliss-reactive ketones (excluding diaryl/α,β-unsaturated/α-hetero) is 1. The zero-order valence-corrected chi connectivity index (χ0v) is 24.0. The van der Waals surface area contributed by atoms with Crippen molar-refractivity contribution in [3.05, 3.63) is 35.7 Å². The van der Waals surface area contributed by atoms with Crippen LogP contribution in [0.15, 0.2) is 30.0 Å². The van der Waals surface area contributed by atoms with E-state index in [2.05, 4.69) is 66.5 Å². The van der Waals surface area contributed by atoms with Gasteiger partial charge in [-0.25, -0.2) is 0 Å². The first kappa shape index (κ1) is 27.2. The number of rotatable bonds is 10. The molecule has 0 radical (unpaired) electrons. The molecule has 1 aliphatic rings. The first-order chi connectivity index (χ1) is 14.6. The molecule has 1 heterocycles. The van der Waals surface area contributed by atoms with Crippen LogP contribution in [0.2, 0.25) is 43.8 Å². The van der Waals surface area contributed by atoms with Gasteiger partial charge in [-0.3, -0.25) is 4.79 Å². The lowest BCUT2D eigenvalue weighted by Gasteiger charge is -2.44. The van der Waals surface area contributed by atoms with Gasteiger partial charge in [-0.05, 0) is 48.8 Å². The molecule has 7 heteroatoms. The quantitative estimate of drug-likeness (QED) is 0.166. The van der Waals surface area contributed by atoms with Crippen molar-refractivity contribution < 1.29 is 18.7 Å². The lowest BCUT2D eigenvalue weighted by Crippen LogP contribution is -2.51. The second-order valence-electron chi connectivity index (χ2n) is 12.0. The maximum atomic E-state index is 13.8. The molecule has 2 rings (SSSR count). The standard InChI is InChI=1S/C25H45NO4Si2/c1-20-13-14-25(28-5,18-22(20)30-32(9,10)24(2,3)4)23(27)21-12-11-15-26(21)19-29-16-17-31(6,7)8/h11-13,15,22H,14,16-19H2,1-10H3/t22-,25-/m1/s1. The minimum absolute atomic E-state index is 0.00591. The molecule has 1 aromatic rings. The highest BCUT2D eigenvalue weighted by Crippen LogP contribution is 2.42. The molecule has 0 unspecified atom stereocenters. The van der Waals surface area contributed by atoms with E-state index in [1.165, 1.54) is 5.57 Å². The summed E-state index contributed by atoms with van der Waals surface area (Å²) in [6.45, 7) is 21.5. The lowest BCUT2D eigenvalue weighted by molar-refractivity contribution is -0.0248. The summed E-state index contributed by atoms with van der Waals surface area (Å²) >= 11 is 0. The third-order valence-corrected chi connectivity index (χ3v) is 13.3. The molecule has 1 aliphatic carbocycles. The van der Waals surface area contributed by atoms with Crippen LogP contribution in [0, 0.1) is 0 Å². The third kappa shape index (κ3) is 6.53. The highest BCUT2D eigenvalue weighted by atomic mass is 28.4. The van der Waals surface area contributed by atoms with E-state index in [1.54, 1.807) is 7.11 Å². The van der Waals surface area contributed by atoms with E-state index in [-0.39, 0.29) is 16.9 Å². The van der Waals surface area contributed by atoms with Crippen molar-refractivity contribution in [3.63, 3.8) is 0 Å². The van der Waals surface area contributed by atoms with E-state index in [1.807, 2.05) is 22.9 Å². The Morgan fingerprint density at radius 1 is 1.22 bits per heavy atom. The maximum absolute atomic E-state index is 13.8. The molecule has 0 spiro atoms. The second-order valence-corrected chi connectivity index (χ2v) is 22.3. The number of methoxy groups -OCH3 is 1. The molecule has 0 fully saturated rings. The number of carbonyl (C=O) groups is 1. The van der Waals surface area contributed by atoms with Crippen LogP contribution in [-0.2, 0) is 20.6 Å². The van der Waals surface area contributed by atoms with Gasteiger partial charge in [-0.1, -0.05) is 46.5 Å². The van der Waals surface area contributed by atoms with E-state index < -0.39 is 22.0 Å². The molecule has 182 valence electrons. The molecule has 32 heavy (non-hydrogen) atoms. The minimum atomic E-state index is -1.99. The van der Waals surface area contributed by atoms with Crippen molar-refractivity contribution in [1.29, 1.82) is 0 Å². The van der Waals surface area contributed by atoms with Crippen LogP contribution in [-0.4, -0.2) is 52.2 Å². The van der Waals surface area contributed by atoms with Crippen molar-refractivity contribution in [2.45, 2.75) is 103 Å². The van der Waals surface area contributed by atoms with Gasteiger partial charge in [0, 0.05) is 40.8 Å².